The zero-order valence-electron chi connectivity index (χ0n) is 6.77. The normalized spacial score (nSPS) is 16.5. The van der Waals surface area contributed by atoms with Gasteiger partial charge in [0.15, 0.2) is 9.84 Å². The van der Waals surface area contributed by atoms with Gasteiger partial charge in [0.25, 0.3) is 0 Å². The monoisotopic (exact) mass is 306 g/mol. The standard InChI is InChI=1S/C6H12Br2O2S/c1-6(2,3)11(9,10)5(8)4-7/h5H,4H2,1-3H3. The number of hydrogen-bond acceptors (Lipinski definition) is 2. The summed E-state index contributed by atoms with van der Waals surface area (Å²) in [5.41, 5.74) is 0. The zero-order chi connectivity index (χ0) is 9.28. The number of hydrogen-bond donors (Lipinski definition) is 0. The Morgan fingerprint density at radius 1 is 1.36 bits per heavy atom. The minimum absolute atomic E-state index is 0.423. The van der Waals surface area contributed by atoms with Crippen LogP contribution in [0.15, 0.2) is 0 Å². The van der Waals surface area contributed by atoms with Gasteiger partial charge in [-0.05, 0) is 20.8 Å². The molecule has 0 aliphatic rings. The third-order valence-corrected chi connectivity index (χ3v) is 7.60. The summed E-state index contributed by atoms with van der Waals surface area (Å²) in [5, 5.41) is 0.423. The van der Waals surface area contributed by atoms with Gasteiger partial charge in [-0.25, -0.2) is 8.42 Å². The molecule has 0 aliphatic heterocycles. The second-order valence-electron chi connectivity index (χ2n) is 3.22. The molecule has 0 radical (unpaired) electrons. The van der Waals surface area contributed by atoms with E-state index in [1.165, 1.54) is 0 Å². The Kier molecular flexibility index (Phi) is 4.06. The van der Waals surface area contributed by atoms with Gasteiger partial charge in [-0.3, -0.25) is 0 Å². The molecular weight excluding hydrogens is 296 g/mol. The number of rotatable bonds is 2. The molecule has 0 aliphatic carbocycles. The highest BCUT2D eigenvalue weighted by Crippen LogP contribution is 2.25. The van der Waals surface area contributed by atoms with Crippen molar-refractivity contribution in [2.45, 2.75) is 29.7 Å². The van der Waals surface area contributed by atoms with Crippen molar-refractivity contribution in [3.05, 3.63) is 0 Å². The molecule has 0 saturated carbocycles. The van der Waals surface area contributed by atoms with Crippen LogP contribution in [0.3, 0.4) is 0 Å². The Labute approximate surface area is 84.9 Å². The van der Waals surface area contributed by atoms with Crippen LogP contribution >= 0.6 is 31.9 Å². The molecule has 0 fully saturated rings. The predicted molar refractivity (Wildman–Crippen MR) is 55.2 cm³/mol. The highest BCUT2D eigenvalue weighted by molar-refractivity contribution is 9.13. The van der Waals surface area contributed by atoms with Crippen molar-refractivity contribution < 1.29 is 8.42 Å². The first-order chi connectivity index (χ1) is 4.73. The van der Waals surface area contributed by atoms with Crippen molar-refractivity contribution in [3.63, 3.8) is 0 Å². The van der Waals surface area contributed by atoms with Crippen molar-refractivity contribution in [1.29, 1.82) is 0 Å². The van der Waals surface area contributed by atoms with Crippen molar-refractivity contribution in [2.24, 2.45) is 0 Å². The number of sulfone groups is 1. The van der Waals surface area contributed by atoms with E-state index in [4.69, 9.17) is 0 Å². The van der Waals surface area contributed by atoms with Crippen LogP contribution in [0, 0.1) is 0 Å². The topological polar surface area (TPSA) is 34.1 Å². The van der Waals surface area contributed by atoms with Gasteiger partial charge < -0.3 is 0 Å². The first kappa shape index (κ1) is 11.9. The summed E-state index contributed by atoms with van der Waals surface area (Å²) in [5.74, 6) is 0. The zero-order valence-corrected chi connectivity index (χ0v) is 10.8. The fourth-order valence-electron chi connectivity index (χ4n) is 0.467. The lowest BCUT2D eigenvalue weighted by molar-refractivity contribution is 0.560. The van der Waals surface area contributed by atoms with E-state index in [1.807, 2.05) is 0 Å². The van der Waals surface area contributed by atoms with Crippen molar-refractivity contribution in [3.8, 4) is 0 Å². The summed E-state index contributed by atoms with van der Waals surface area (Å²) in [7, 11) is -3.06. The lowest BCUT2D eigenvalue weighted by atomic mass is 10.3. The van der Waals surface area contributed by atoms with E-state index < -0.39 is 18.7 Å². The number of halogens is 2. The molecule has 0 rings (SSSR count). The molecule has 2 nitrogen and oxygen atoms in total. The molecular formula is C6H12Br2O2S. The summed E-state index contributed by atoms with van der Waals surface area (Å²) < 4.78 is 21.8. The minimum atomic E-state index is -3.06. The van der Waals surface area contributed by atoms with Crippen LogP contribution in [-0.2, 0) is 9.84 Å². The van der Waals surface area contributed by atoms with Crippen LogP contribution in [0.4, 0.5) is 0 Å². The van der Waals surface area contributed by atoms with Crippen LogP contribution in [0.5, 0.6) is 0 Å². The van der Waals surface area contributed by atoms with Crippen LogP contribution in [0.1, 0.15) is 20.8 Å². The van der Waals surface area contributed by atoms with E-state index in [0.29, 0.717) is 5.33 Å². The third-order valence-electron chi connectivity index (χ3n) is 1.31. The van der Waals surface area contributed by atoms with Crippen LogP contribution in [0.2, 0.25) is 0 Å². The average Bonchev–Trinajstić information content (AvgIpc) is 1.83. The summed E-state index contributed by atoms with van der Waals surface area (Å²) in [6.45, 7) is 5.08. The molecule has 0 saturated heterocycles. The van der Waals surface area contributed by atoms with E-state index in [1.54, 1.807) is 20.8 Å². The predicted octanol–water partition coefficient (Wildman–Crippen LogP) is 2.32. The second kappa shape index (κ2) is 3.75. The Bertz CT molecular complexity index is 215. The quantitative estimate of drug-likeness (QED) is 0.734. The van der Waals surface area contributed by atoms with Gasteiger partial charge >= 0.3 is 0 Å². The van der Waals surface area contributed by atoms with Crippen molar-refractivity contribution in [1.82, 2.24) is 0 Å². The Morgan fingerprint density at radius 3 is 1.82 bits per heavy atom. The van der Waals surface area contributed by atoms with Gasteiger partial charge in [0.05, 0.1) is 4.75 Å². The van der Waals surface area contributed by atoms with Crippen molar-refractivity contribution >= 4 is 41.7 Å². The highest BCUT2D eigenvalue weighted by atomic mass is 79.9. The molecule has 5 heteroatoms. The number of alkyl halides is 2. The molecule has 68 valence electrons. The molecule has 0 heterocycles. The molecule has 0 bridgehead atoms. The summed E-state index contributed by atoms with van der Waals surface area (Å²) >= 11 is 6.22. The van der Waals surface area contributed by atoms with E-state index in [0.717, 1.165) is 0 Å². The van der Waals surface area contributed by atoms with Crippen LogP contribution in [-0.4, -0.2) is 22.7 Å². The summed E-state index contributed by atoms with van der Waals surface area (Å²) in [6, 6.07) is 0. The smallest absolute Gasteiger partial charge is 0.168 e. The SMILES string of the molecule is CC(C)(C)S(=O)(=O)C(Br)CBr. The lowest BCUT2D eigenvalue weighted by Crippen LogP contribution is -2.35. The lowest BCUT2D eigenvalue weighted by Gasteiger charge is -2.21. The van der Waals surface area contributed by atoms with Gasteiger partial charge in [-0.15, -0.1) is 0 Å². The molecule has 0 N–H and O–H groups in total. The molecule has 0 aromatic rings. The van der Waals surface area contributed by atoms with E-state index in [9.17, 15) is 8.42 Å². The van der Waals surface area contributed by atoms with Gasteiger partial charge in [0.1, 0.15) is 4.16 Å². The van der Waals surface area contributed by atoms with Crippen LogP contribution < -0.4 is 0 Å². The Balaban J connectivity index is 4.77. The molecule has 0 spiro atoms. The van der Waals surface area contributed by atoms with E-state index in [-0.39, 0.29) is 0 Å². The van der Waals surface area contributed by atoms with Gasteiger partial charge in [0.2, 0.25) is 0 Å². The summed E-state index contributed by atoms with van der Waals surface area (Å²) in [6.07, 6.45) is 0. The molecule has 11 heavy (non-hydrogen) atoms. The van der Waals surface area contributed by atoms with E-state index >= 15 is 0 Å². The molecule has 0 amide bonds. The first-order valence-corrected chi connectivity index (χ1v) is 6.75. The minimum Gasteiger partial charge on any atom is -0.227 e. The maximum atomic E-state index is 11.5. The fourth-order valence-corrected chi connectivity index (χ4v) is 4.13. The van der Waals surface area contributed by atoms with Gasteiger partial charge in [0, 0.05) is 5.33 Å². The largest absolute Gasteiger partial charge is 0.227 e. The molecule has 0 aromatic heterocycles. The maximum absolute atomic E-state index is 11.5. The van der Waals surface area contributed by atoms with E-state index in [2.05, 4.69) is 31.9 Å². The molecule has 1 unspecified atom stereocenters. The Morgan fingerprint density at radius 2 is 1.73 bits per heavy atom. The van der Waals surface area contributed by atoms with Crippen molar-refractivity contribution in [2.75, 3.05) is 5.33 Å². The second-order valence-corrected chi connectivity index (χ2v) is 8.46. The highest BCUT2D eigenvalue weighted by Gasteiger charge is 2.34. The third kappa shape index (κ3) is 2.70. The maximum Gasteiger partial charge on any atom is 0.168 e. The van der Waals surface area contributed by atoms with Crippen LogP contribution in [0.25, 0.3) is 0 Å². The first-order valence-electron chi connectivity index (χ1n) is 3.17. The van der Waals surface area contributed by atoms with Gasteiger partial charge in [-0.1, -0.05) is 31.9 Å². The Hall–Kier alpha value is 0.910. The average molecular weight is 308 g/mol. The van der Waals surface area contributed by atoms with Gasteiger partial charge in [-0.2, -0.15) is 0 Å². The summed E-state index contributed by atoms with van der Waals surface area (Å²) in [4.78, 5) is 0. The fraction of sp³-hybridized carbons (Fsp3) is 1.00. The molecule has 0 aromatic carbocycles. The molecule has 1 atom stereocenters.